The Morgan fingerprint density at radius 2 is 1.49 bits per heavy atom. The maximum atomic E-state index is 14.4. The van der Waals surface area contributed by atoms with Crippen molar-refractivity contribution in [2.24, 2.45) is 16.8 Å². The SMILES string of the molecule is Cc1cccc(N=CC23c4ccccc4C(c4ccccc42)[C@H]2C(=O)N(c4ccccc4[N+](=O)[O-])C(=O)[C@@H]23)c1. The molecule has 2 amide bonds. The predicted octanol–water partition coefficient (Wildman–Crippen LogP) is 5.86. The highest BCUT2D eigenvalue weighted by atomic mass is 16.6. The third-order valence-electron chi connectivity index (χ3n) is 8.42. The van der Waals surface area contributed by atoms with Crippen LogP contribution in [0, 0.1) is 28.9 Å². The van der Waals surface area contributed by atoms with Gasteiger partial charge in [-0.15, -0.1) is 0 Å². The van der Waals surface area contributed by atoms with E-state index in [1.165, 1.54) is 18.2 Å². The Morgan fingerprint density at radius 3 is 2.15 bits per heavy atom. The molecule has 1 saturated heterocycles. The van der Waals surface area contributed by atoms with E-state index < -0.39 is 34.0 Å². The van der Waals surface area contributed by atoms with E-state index in [0.29, 0.717) is 0 Å². The Labute approximate surface area is 224 Å². The van der Waals surface area contributed by atoms with E-state index in [-0.39, 0.29) is 17.3 Å². The number of benzene rings is 4. The predicted molar refractivity (Wildman–Crippen MR) is 147 cm³/mol. The van der Waals surface area contributed by atoms with Crippen molar-refractivity contribution in [2.75, 3.05) is 4.90 Å². The molecule has 0 aromatic heterocycles. The molecule has 1 aliphatic heterocycles. The number of amides is 2. The Morgan fingerprint density at radius 1 is 0.846 bits per heavy atom. The van der Waals surface area contributed by atoms with Gasteiger partial charge in [0.05, 0.1) is 27.9 Å². The minimum Gasteiger partial charge on any atom is -0.274 e. The van der Waals surface area contributed by atoms with Gasteiger partial charge in [-0.3, -0.25) is 24.7 Å². The average molecular weight is 514 g/mol. The lowest BCUT2D eigenvalue weighted by molar-refractivity contribution is -0.384. The number of nitro benzene ring substituents is 1. The van der Waals surface area contributed by atoms with Gasteiger partial charge in [0.2, 0.25) is 11.8 Å². The second-order valence-corrected chi connectivity index (χ2v) is 10.4. The number of para-hydroxylation sites is 2. The quantitative estimate of drug-likeness (QED) is 0.148. The van der Waals surface area contributed by atoms with Crippen LogP contribution in [0.2, 0.25) is 0 Å². The third kappa shape index (κ3) is 3.07. The number of nitro groups is 1. The first kappa shape index (κ1) is 23.2. The van der Waals surface area contributed by atoms with E-state index in [9.17, 15) is 19.7 Å². The van der Waals surface area contributed by atoms with E-state index in [2.05, 4.69) is 0 Å². The topological polar surface area (TPSA) is 92.9 Å². The molecule has 0 N–H and O–H groups in total. The molecule has 7 heteroatoms. The summed E-state index contributed by atoms with van der Waals surface area (Å²) < 4.78 is 0. The molecule has 0 radical (unpaired) electrons. The van der Waals surface area contributed by atoms with Gasteiger partial charge in [0.15, 0.2) is 0 Å². The summed E-state index contributed by atoms with van der Waals surface area (Å²) in [5, 5.41) is 11.9. The molecule has 4 aromatic rings. The number of imide groups is 1. The van der Waals surface area contributed by atoms with Crippen molar-refractivity contribution < 1.29 is 14.5 Å². The number of hydrogen-bond donors (Lipinski definition) is 0. The van der Waals surface area contributed by atoms with Crippen LogP contribution >= 0.6 is 0 Å². The van der Waals surface area contributed by atoms with E-state index in [0.717, 1.165) is 38.4 Å². The first-order valence-corrected chi connectivity index (χ1v) is 12.9. The summed E-state index contributed by atoms with van der Waals surface area (Å²) in [5.41, 5.74) is 4.36. The molecular formula is C32H23N3O4. The molecular weight excluding hydrogens is 490 g/mol. The Bertz CT molecular complexity index is 1700. The maximum absolute atomic E-state index is 14.4. The number of hydrogen-bond acceptors (Lipinski definition) is 5. The molecule has 0 spiro atoms. The van der Waals surface area contributed by atoms with Crippen molar-refractivity contribution in [2.45, 2.75) is 18.3 Å². The summed E-state index contributed by atoms with van der Waals surface area (Å²) in [6, 6.07) is 29.6. The number of carbonyl (C=O) groups excluding carboxylic acids is 2. The van der Waals surface area contributed by atoms with Gasteiger partial charge in [-0.1, -0.05) is 72.8 Å². The maximum Gasteiger partial charge on any atom is 0.293 e. The molecule has 2 bridgehead atoms. The van der Waals surface area contributed by atoms with Crippen molar-refractivity contribution in [3.05, 3.63) is 135 Å². The van der Waals surface area contributed by atoms with E-state index in [1.807, 2.05) is 85.9 Å². The summed E-state index contributed by atoms with van der Waals surface area (Å²) in [4.78, 5) is 46.0. The highest BCUT2D eigenvalue weighted by molar-refractivity contribution is 6.25. The molecule has 8 rings (SSSR count). The van der Waals surface area contributed by atoms with Crippen LogP contribution in [0.1, 0.15) is 33.7 Å². The Balaban J connectivity index is 1.51. The molecule has 2 atom stereocenters. The van der Waals surface area contributed by atoms with Crippen LogP contribution in [0.3, 0.4) is 0 Å². The van der Waals surface area contributed by atoms with Crippen LogP contribution in [-0.2, 0) is 15.0 Å². The third-order valence-corrected chi connectivity index (χ3v) is 8.42. The van der Waals surface area contributed by atoms with Gasteiger partial charge in [-0.25, -0.2) is 4.90 Å². The van der Waals surface area contributed by atoms with Crippen molar-refractivity contribution in [3.8, 4) is 0 Å². The molecule has 4 aromatic carbocycles. The minimum absolute atomic E-state index is 0.00480. The standard InChI is InChI=1S/C32H23N3O4/c1-19-9-8-10-20(17-19)33-18-32-23-13-4-2-11-21(23)27(22-12-3-5-14-24(22)32)28-29(32)31(37)34(30(28)36)25-15-6-7-16-26(25)35(38)39/h2-18,27-29H,1H3/t27?,28-,29-,32?/m1/s1. The van der Waals surface area contributed by atoms with Gasteiger partial charge in [0.1, 0.15) is 5.69 Å². The Hall–Kier alpha value is -4.91. The number of carbonyl (C=O) groups is 2. The van der Waals surface area contributed by atoms with Crippen LogP contribution in [0.4, 0.5) is 17.1 Å². The first-order valence-electron chi connectivity index (χ1n) is 12.9. The monoisotopic (exact) mass is 513 g/mol. The minimum atomic E-state index is -1.03. The fourth-order valence-corrected chi connectivity index (χ4v) is 6.98. The molecule has 7 nitrogen and oxygen atoms in total. The summed E-state index contributed by atoms with van der Waals surface area (Å²) in [6.45, 7) is 1.99. The van der Waals surface area contributed by atoms with E-state index in [4.69, 9.17) is 4.99 Å². The van der Waals surface area contributed by atoms with Gasteiger partial charge < -0.3 is 0 Å². The Kier molecular flexibility index (Phi) is 4.94. The molecule has 3 aliphatic carbocycles. The fraction of sp³-hybridized carbons (Fsp3) is 0.156. The normalized spacial score (nSPS) is 24.5. The van der Waals surface area contributed by atoms with Crippen molar-refractivity contribution in [1.82, 2.24) is 0 Å². The molecule has 1 heterocycles. The summed E-state index contributed by atoms with van der Waals surface area (Å²) >= 11 is 0. The zero-order valence-corrected chi connectivity index (χ0v) is 21.0. The van der Waals surface area contributed by atoms with Crippen LogP contribution in [-0.4, -0.2) is 23.0 Å². The van der Waals surface area contributed by atoms with Gasteiger partial charge >= 0.3 is 0 Å². The molecule has 190 valence electrons. The second-order valence-electron chi connectivity index (χ2n) is 10.4. The highest BCUT2D eigenvalue weighted by Crippen LogP contribution is 2.64. The molecule has 39 heavy (non-hydrogen) atoms. The van der Waals surface area contributed by atoms with Gasteiger partial charge in [-0.2, -0.15) is 0 Å². The lowest BCUT2D eigenvalue weighted by Crippen LogP contribution is -2.54. The number of nitrogens with zero attached hydrogens (tertiary/aromatic N) is 3. The fourth-order valence-electron chi connectivity index (χ4n) is 6.98. The van der Waals surface area contributed by atoms with Crippen LogP contribution in [0.15, 0.2) is 102 Å². The van der Waals surface area contributed by atoms with Crippen molar-refractivity contribution in [1.29, 1.82) is 0 Å². The second kappa shape index (κ2) is 8.30. The molecule has 4 aliphatic rings. The number of rotatable bonds is 4. The highest BCUT2D eigenvalue weighted by Gasteiger charge is 2.68. The zero-order chi connectivity index (χ0) is 26.9. The van der Waals surface area contributed by atoms with Crippen molar-refractivity contribution in [3.63, 3.8) is 0 Å². The summed E-state index contributed by atoms with van der Waals surface area (Å²) in [7, 11) is 0. The summed E-state index contributed by atoms with van der Waals surface area (Å²) in [6.07, 6.45) is 1.83. The van der Waals surface area contributed by atoms with Gasteiger partial charge in [0, 0.05) is 18.2 Å². The smallest absolute Gasteiger partial charge is 0.274 e. The van der Waals surface area contributed by atoms with Gasteiger partial charge in [0.25, 0.3) is 5.69 Å². The van der Waals surface area contributed by atoms with Crippen LogP contribution < -0.4 is 4.90 Å². The lowest BCUT2D eigenvalue weighted by Gasteiger charge is -2.52. The van der Waals surface area contributed by atoms with E-state index >= 15 is 0 Å². The van der Waals surface area contributed by atoms with Gasteiger partial charge in [-0.05, 0) is 52.9 Å². The largest absolute Gasteiger partial charge is 0.293 e. The zero-order valence-electron chi connectivity index (χ0n) is 21.0. The first-order chi connectivity index (χ1) is 18.9. The lowest BCUT2D eigenvalue weighted by atomic mass is 9.47. The summed E-state index contributed by atoms with van der Waals surface area (Å²) in [5.74, 6) is -2.72. The number of aliphatic imine (C=N–C) groups is 1. The van der Waals surface area contributed by atoms with Crippen LogP contribution in [0.25, 0.3) is 0 Å². The van der Waals surface area contributed by atoms with Crippen LogP contribution in [0.5, 0.6) is 0 Å². The van der Waals surface area contributed by atoms with Crippen molar-refractivity contribution >= 4 is 35.1 Å². The number of anilines is 1. The average Bonchev–Trinajstić information content (AvgIpc) is 3.22. The molecule has 0 saturated carbocycles. The molecule has 1 fully saturated rings. The number of aryl methyl sites for hydroxylation is 1. The molecule has 0 unspecified atom stereocenters. The van der Waals surface area contributed by atoms with E-state index in [1.54, 1.807) is 6.07 Å².